The fourth-order valence-electron chi connectivity index (χ4n) is 2.76. The van der Waals surface area contributed by atoms with Gasteiger partial charge in [0, 0.05) is 12.6 Å². The lowest BCUT2D eigenvalue weighted by Gasteiger charge is -2.17. The van der Waals surface area contributed by atoms with Crippen LogP contribution in [0.4, 0.5) is 0 Å². The van der Waals surface area contributed by atoms with Gasteiger partial charge in [-0.3, -0.25) is 0 Å². The molecule has 2 aromatic carbocycles. The summed E-state index contributed by atoms with van der Waals surface area (Å²) in [4.78, 5) is 0. The van der Waals surface area contributed by atoms with Crippen molar-refractivity contribution < 1.29 is 9.84 Å². The summed E-state index contributed by atoms with van der Waals surface area (Å²) >= 11 is 0. The number of fused-ring (bicyclic) bond motifs is 1. The minimum absolute atomic E-state index is 0.0670. The fraction of sp³-hybridized carbons (Fsp3) is 0.294. The molecular weight excluding hydrogens is 250 g/mol. The van der Waals surface area contributed by atoms with E-state index < -0.39 is 6.10 Å². The molecule has 2 N–H and O–H groups in total. The van der Waals surface area contributed by atoms with E-state index in [4.69, 9.17) is 4.74 Å². The monoisotopic (exact) mass is 269 g/mol. The Hall–Kier alpha value is -1.84. The molecule has 2 aromatic rings. The Morgan fingerprint density at radius 2 is 2.00 bits per heavy atom. The largest absolute Gasteiger partial charge is 0.497 e. The van der Waals surface area contributed by atoms with Crippen LogP contribution in [0.2, 0.25) is 0 Å². The van der Waals surface area contributed by atoms with Gasteiger partial charge in [0.2, 0.25) is 0 Å². The van der Waals surface area contributed by atoms with Crippen LogP contribution in [0.25, 0.3) is 0 Å². The van der Waals surface area contributed by atoms with Crippen LogP contribution < -0.4 is 10.1 Å². The molecular formula is C17H19NO2. The fourth-order valence-corrected chi connectivity index (χ4v) is 2.76. The van der Waals surface area contributed by atoms with Gasteiger partial charge in [-0.1, -0.05) is 36.4 Å². The summed E-state index contributed by atoms with van der Waals surface area (Å²) in [5, 5.41) is 13.9. The first-order chi connectivity index (χ1) is 9.78. The molecule has 3 rings (SSSR count). The molecule has 0 spiro atoms. The lowest BCUT2D eigenvalue weighted by Crippen LogP contribution is -2.32. The number of rotatable bonds is 4. The van der Waals surface area contributed by atoms with Crippen LogP contribution in [0.5, 0.6) is 5.75 Å². The molecule has 2 atom stereocenters. The second-order valence-corrected chi connectivity index (χ2v) is 5.19. The van der Waals surface area contributed by atoms with Gasteiger partial charge in [-0.2, -0.15) is 0 Å². The van der Waals surface area contributed by atoms with Crippen molar-refractivity contribution in [2.75, 3.05) is 7.11 Å². The molecule has 3 heteroatoms. The molecule has 1 aliphatic carbocycles. The van der Waals surface area contributed by atoms with Crippen molar-refractivity contribution in [3.05, 3.63) is 65.2 Å². The Morgan fingerprint density at radius 3 is 2.75 bits per heavy atom. The Labute approximate surface area is 119 Å². The topological polar surface area (TPSA) is 41.5 Å². The molecule has 0 amide bonds. The van der Waals surface area contributed by atoms with E-state index in [1.165, 1.54) is 11.1 Å². The minimum atomic E-state index is -0.469. The summed E-state index contributed by atoms with van der Waals surface area (Å²) in [6.45, 7) is 0.772. The first-order valence-corrected chi connectivity index (χ1v) is 6.90. The molecule has 0 aliphatic heterocycles. The van der Waals surface area contributed by atoms with Crippen LogP contribution in [0.1, 0.15) is 22.8 Å². The summed E-state index contributed by atoms with van der Waals surface area (Å²) in [6.07, 6.45) is 0.386. The van der Waals surface area contributed by atoms with Gasteiger partial charge in [0.15, 0.2) is 0 Å². The highest BCUT2D eigenvalue weighted by atomic mass is 16.5. The maximum absolute atomic E-state index is 10.4. The third-order valence-electron chi connectivity index (χ3n) is 3.90. The van der Waals surface area contributed by atoms with Gasteiger partial charge in [-0.25, -0.2) is 0 Å². The summed E-state index contributed by atoms with van der Waals surface area (Å²) in [6, 6.07) is 16.2. The Kier molecular flexibility index (Phi) is 3.72. The number of aliphatic hydroxyl groups is 1. The zero-order chi connectivity index (χ0) is 13.9. The van der Waals surface area contributed by atoms with Crippen LogP contribution in [0.3, 0.4) is 0 Å². The number of nitrogens with one attached hydrogen (secondary N) is 1. The van der Waals surface area contributed by atoms with Gasteiger partial charge in [0.05, 0.1) is 13.2 Å². The lowest BCUT2D eigenvalue weighted by molar-refractivity contribution is 0.141. The first-order valence-electron chi connectivity index (χ1n) is 6.90. The maximum Gasteiger partial charge on any atom is 0.119 e. The second-order valence-electron chi connectivity index (χ2n) is 5.19. The van der Waals surface area contributed by atoms with Gasteiger partial charge in [-0.15, -0.1) is 0 Å². The lowest BCUT2D eigenvalue weighted by atomic mass is 10.1. The first kappa shape index (κ1) is 13.2. The molecule has 0 saturated carbocycles. The summed E-state index contributed by atoms with van der Waals surface area (Å²) in [7, 11) is 1.65. The van der Waals surface area contributed by atoms with E-state index in [1.54, 1.807) is 7.11 Å². The highest BCUT2D eigenvalue weighted by Gasteiger charge is 2.30. The van der Waals surface area contributed by atoms with Crippen molar-refractivity contribution in [1.29, 1.82) is 0 Å². The van der Waals surface area contributed by atoms with Crippen molar-refractivity contribution in [1.82, 2.24) is 5.32 Å². The standard InChI is InChI=1S/C17H19NO2/c1-20-14-8-7-13-9-16(17(19)15(13)10-14)18-11-12-5-3-2-4-6-12/h2-8,10,16-19H,9,11H2,1H3. The Bertz CT molecular complexity index is 583. The summed E-state index contributed by atoms with van der Waals surface area (Å²) in [5.74, 6) is 0.798. The Balaban J connectivity index is 1.69. The van der Waals surface area contributed by atoms with Crippen molar-refractivity contribution in [3.8, 4) is 5.75 Å². The second kappa shape index (κ2) is 5.65. The molecule has 1 aliphatic rings. The van der Waals surface area contributed by atoms with E-state index in [0.717, 1.165) is 24.3 Å². The summed E-state index contributed by atoms with van der Waals surface area (Å²) < 4.78 is 5.22. The predicted octanol–water partition coefficient (Wildman–Crippen LogP) is 2.44. The zero-order valence-corrected chi connectivity index (χ0v) is 11.5. The molecule has 104 valence electrons. The zero-order valence-electron chi connectivity index (χ0n) is 11.5. The van der Waals surface area contributed by atoms with Crippen LogP contribution in [0, 0.1) is 0 Å². The van der Waals surface area contributed by atoms with Gasteiger partial charge >= 0.3 is 0 Å². The van der Waals surface area contributed by atoms with E-state index in [0.29, 0.717) is 0 Å². The smallest absolute Gasteiger partial charge is 0.119 e. The van der Waals surface area contributed by atoms with Gasteiger partial charge in [-0.05, 0) is 35.2 Å². The molecule has 20 heavy (non-hydrogen) atoms. The normalized spacial score (nSPS) is 20.7. The maximum atomic E-state index is 10.4. The van der Waals surface area contributed by atoms with Crippen LogP contribution in [0.15, 0.2) is 48.5 Å². The molecule has 0 radical (unpaired) electrons. The number of ether oxygens (including phenoxy) is 1. The molecule has 0 fully saturated rings. The van der Waals surface area contributed by atoms with Crippen molar-refractivity contribution >= 4 is 0 Å². The van der Waals surface area contributed by atoms with Crippen molar-refractivity contribution in [2.24, 2.45) is 0 Å². The van der Waals surface area contributed by atoms with Crippen molar-refractivity contribution in [3.63, 3.8) is 0 Å². The number of aliphatic hydroxyl groups excluding tert-OH is 1. The van der Waals surface area contributed by atoms with E-state index >= 15 is 0 Å². The molecule has 0 bridgehead atoms. The highest BCUT2D eigenvalue weighted by Crippen LogP contribution is 2.34. The van der Waals surface area contributed by atoms with E-state index in [1.807, 2.05) is 36.4 Å². The summed E-state index contributed by atoms with van der Waals surface area (Å²) in [5.41, 5.74) is 3.41. The van der Waals surface area contributed by atoms with Crippen LogP contribution >= 0.6 is 0 Å². The molecule has 0 heterocycles. The van der Waals surface area contributed by atoms with E-state index in [9.17, 15) is 5.11 Å². The number of hydrogen-bond acceptors (Lipinski definition) is 3. The Morgan fingerprint density at radius 1 is 1.20 bits per heavy atom. The molecule has 0 aromatic heterocycles. The molecule has 2 unspecified atom stereocenters. The SMILES string of the molecule is COc1ccc2c(c1)C(O)C(NCc1ccccc1)C2. The van der Waals surface area contributed by atoms with Crippen LogP contribution in [-0.2, 0) is 13.0 Å². The van der Waals surface area contributed by atoms with Gasteiger partial charge in [0.1, 0.15) is 5.75 Å². The highest BCUT2D eigenvalue weighted by molar-refractivity contribution is 5.41. The van der Waals surface area contributed by atoms with E-state index in [2.05, 4.69) is 17.4 Å². The quantitative estimate of drug-likeness (QED) is 0.896. The van der Waals surface area contributed by atoms with E-state index in [-0.39, 0.29) is 6.04 Å². The third-order valence-corrected chi connectivity index (χ3v) is 3.90. The number of hydrogen-bond donors (Lipinski definition) is 2. The number of methoxy groups -OCH3 is 1. The predicted molar refractivity (Wildman–Crippen MR) is 78.7 cm³/mol. The average molecular weight is 269 g/mol. The third kappa shape index (κ3) is 2.55. The minimum Gasteiger partial charge on any atom is -0.497 e. The van der Waals surface area contributed by atoms with Crippen molar-refractivity contribution in [2.45, 2.75) is 25.1 Å². The van der Waals surface area contributed by atoms with Crippen LogP contribution in [-0.4, -0.2) is 18.3 Å². The number of benzene rings is 2. The molecule has 0 saturated heterocycles. The van der Waals surface area contributed by atoms with Gasteiger partial charge in [0.25, 0.3) is 0 Å². The average Bonchev–Trinajstić information content (AvgIpc) is 2.82. The van der Waals surface area contributed by atoms with Gasteiger partial charge < -0.3 is 15.2 Å². The molecule has 3 nitrogen and oxygen atoms in total.